The highest BCUT2D eigenvalue weighted by Crippen LogP contribution is 2.35. The van der Waals surface area contributed by atoms with E-state index in [1.807, 2.05) is 30.3 Å². The molecule has 2 rings (SSSR count). The van der Waals surface area contributed by atoms with Crippen LogP contribution in [0.1, 0.15) is 31.7 Å². The zero-order valence-electron chi connectivity index (χ0n) is 12.6. The number of hydrogen-bond acceptors (Lipinski definition) is 3. The molecule has 1 saturated carbocycles. The van der Waals surface area contributed by atoms with E-state index in [2.05, 4.69) is 24.3 Å². The summed E-state index contributed by atoms with van der Waals surface area (Å²) in [6.07, 6.45) is 3.49. The van der Waals surface area contributed by atoms with Crippen molar-refractivity contribution < 1.29 is 4.79 Å². The first-order valence-corrected chi connectivity index (χ1v) is 7.19. The fourth-order valence-corrected chi connectivity index (χ4v) is 2.71. The van der Waals surface area contributed by atoms with Gasteiger partial charge in [0.1, 0.15) is 5.54 Å². The molecular weight excluding hydrogens is 250 g/mol. The lowest BCUT2D eigenvalue weighted by atomic mass is 9.75. The summed E-state index contributed by atoms with van der Waals surface area (Å²) < 4.78 is 0. The van der Waals surface area contributed by atoms with E-state index in [0.29, 0.717) is 6.54 Å². The Morgan fingerprint density at radius 2 is 1.95 bits per heavy atom. The van der Waals surface area contributed by atoms with Crippen molar-refractivity contribution in [2.75, 3.05) is 20.6 Å². The maximum atomic E-state index is 12.4. The van der Waals surface area contributed by atoms with Gasteiger partial charge in [-0.25, -0.2) is 0 Å². The summed E-state index contributed by atoms with van der Waals surface area (Å²) in [6, 6.07) is 9.52. The van der Waals surface area contributed by atoms with Gasteiger partial charge in [-0.15, -0.1) is 0 Å². The van der Waals surface area contributed by atoms with Crippen LogP contribution in [0.5, 0.6) is 0 Å². The van der Waals surface area contributed by atoms with Crippen LogP contribution in [-0.2, 0) is 10.3 Å². The second kappa shape index (κ2) is 5.54. The monoisotopic (exact) mass is 275 g/mol. The van der Waals surface area contributed by atoms with Gasteiger partial charge in [-0.05, 0) is 45.8 Å². The molecule has 20 heavy (non-hydrogen) atoms. The molecule has 1 aliphatic rings. The summed E-state index contributed by atoms with van der Waals surface area (Å²) in [7, 11) is 4.15. The number of nitrogens with one attached hydrogen (secondary N) is 1. The molecule has 1 fully saturated rings. The molecule has 4 nitrogen and oxygen atoms in total. The van der Waals surface area contributed by atoms with Crippen LogP contribution in [0.2, 0.25) is 0 Å². The van der Waals surface area contributed by atoms with E-state index in [1.54, 1.807) is 6.92 Å². The Bertz CT molecular complexity index is 464. The standard InChI is InChI=1S/C16H25N3O/c1-15(17,13-8-5-4-6-9-13)14(20)18-12-16(19(2)3)10-7-11-16/h4-6,8-9H,7,10-12,17H2,1-3H3,(H,18,20). The van der Waals surface area contributed by atoms with Gasteiger partial charge in [-0.2, -0.15) is 0 Å². The Balaban J connectivity index is 2.01. The van der Waals surface area contributed by atoms with Gasteiger partial charge >= 0.3 is 0 Å². The Labute approximate surface area is 121 Å². The van der Waals surface area contributed by atoms with Crippen LogP contribution in [0.3, 0.4) is 0 Å². The molecule has 1 amide bonds. The van der Waals surface area contributed by atoms with Crippen molar-refractivity contribution in [3.05, 3.63) is 35.9 Å². The number of nitrogens with two attached hydrogens (primary N) is 1. The molecule has 0 aromatic heterocycles. The van der Waals surface area contributed by atoms with Crippen molar-refractivity contribution in [2.45, 2.75) is 37.3 Å². The smallest absolute Gasteiger partial charge is 0.244 e. The minimum Gasteiger partial charge on any atom is -0.352 e. The van der Waals surface area contributed by atoms with Crippen LogP contribution >= 0.6 is 0 Å². The molecule has 0 saturated heterocycles. The summed E-state index contributed by atoms with van der Waals surface area (Å²) >= 11 is 0. The van der Waals surface area contributed by atoms with Gasteiger partial charge in [-0.1, -0.05) is 30.3 Å². The lowest BCUT2D eigenvalue weighted by Crippen LogP contribution is -2.60. The number of carbonyl (C=O) groups is 1. The molecule has 0 radical (unpaired) electrons. The van der Waals surface area contributed by atoms with E-state index in [0.717, 1.165) is 18.4 Å². The van der Waals surface area contributed by atoms with Gasteiger partial charge < -0.3 is 16.0 Å². The minimum absolute atomic E-state index is 0.114. The van der Waals surface area contributed by atoms with Gasteiger partial charge in [0.25, 0.3) is 0 Å². The van der Waals surface area contributed by atoms with Gasteiger partial charge in [0.05, 0.1) is 0 Å². The molecule has 3 N–H and O–H groups in total. The van der Waals surface area contributed by atoms with Crippen LogP contribution in [0.4, 0.5) is 0 Å². The second-order valence-electron chi connectivity index (χ2n) is 6.22. The Kier molecular flexibility index (Phi) is 4.16. The maximum Gasteiger partial charge on any atom is 0.244 e. The summed E-state index contributed by atoms with van der Waals surface area (Å²) in [5.41, 5.74) is 6.18. The molecule has 1 unspecified atom stereocenters. The molecular formula is C16H25N3O. The fraction of sp³-hybridized carbons (Fsp3) is 0.562. The van der Waals surface area contributed by atoms with Crippen molar-refractivity contribution >= 4 is 5.91 Å². The van der Waals surface area contributed by atoms with E-state index in [9.17, 15) is 4.79 Å². The lowest BCUT2D eigenvalue weighted by molar-refractivity contribution is -0.127. The highest BCUT2D eigenvalue weighted by Gasteiger charge is 2.40. The zero-order valence-corrected chi connectivity index (χ0v) is 12.6. The number of benzene rings is 1. The van der Waals surface area contributed by atoms with Gasteiger partial charge in [0.2, 0.25) is 5.91 Å². The number of nitrogens with zero attached hydrogens (tertiary/aromatic N) is 1. The third kappa shape index (κ3) is 2.72. The van der Waals surface area contributed by atoms with Crippen LogP contribution in [0, 0.1) is 0 Å². The van der Waals surface area contributed by atoms with Crippen molar-refractivity contribution in [1.29, 1.82) is 0 Å². The van der Waals surface area contributed by atoms with Crippen LogP contribution in [-0.4, -0.2) is 37.0 Å². The third-order valence-electron chi connectivity index (χ3n) is 4.66. The number of rotatable bonds is 5. The predicted octanol–water partition coefficient (Wildman–Crippen LogP) is 1.46. The summed E-state index contributed by atoms with van der Waals surface area (Å²) in [5.74, 6) is -0.114. The van der Waals surface area contributed by atoms with Gasteiger partial charge in [-0.3, -0.25) is 4.79 Å². The molecule has 4 heteroatoms. The van der Waals surface area contributed by atoms with Gasteiger partial charge in [0.15, 0.2) is 0 Å². The van der Waals surface area contributed by atoms with Crippen molar-refractivity contribution in [3.8, 4) is 0 Å². The molecule has 1 aromatic rings. The number of hydrogen-bond donors (Lipinski definition) is 2. The van der Waals surface area contributed by atoms with Crippen molar-refractivity contribution in [3.63, 3.8) is 0 Å². The fourth-order valence-electron chi connectivity index (χ4n) is 2.71. The van der Waals surface area contributed by atoms with Gasteiger partial charge in [0, 0.05) is 12.1 Å². The molecule has 1 aliphatic carbocycles. The molecule has 1 aromatic carbocycles. The third-order valence-corrected chi connectivity index (χ3v) is 4.66. The molecule has 0 heterocycles. The van der Waals surface area contributed by atoms with Crippen LogP contribution < -0.4 is 11.1 Å². The second-order valence-corrected chi connectivity index (χ2v) is 6.22. The first kappa shape index (κ1) is 15.0. The Morgan fingerprint density at radius 3 is 2.40 bits per heavy atom. The zero-order chi connectivity index (χ0) is 14.8. The summed E-state index contributed by atoms with van der Waals surface area (Å²) in [6.45, 7) is 2.43. The van der Waals surface area contributed by atoms with E-state index in [4.69, 9.17) is 5.73 Å². The van der Waals surface area contributed by atoms with Crippen molar-refractivity contribution in [2.24, 2.45) is 5.73 Å². The van der Waals surface area contributed by atoms with Crippen LogP contribution in [0.15, 0.2) is 30.3 Å². The first-order chi connectivity index (χ1) is 9.38. The van der Waals surface area contributed by atoms with E-state index in [1.165, 1.54) is 6.42 Å². The molecule has 0 spiro atoms. The molecule has 110 valence electrons. The highest BCUT2D eigenvalue weighted by molar-refractivity contribution is 5.87. The van der Waals surface area contributed by atoms with E-state index < -0.39 is 5.54 Å². The van der Waals surface area contributed by atoms with Crippen molar-refractivity contribution in [1.82, 2.24) is 10.2 Å². The average molecular weight is 275 g/mol. The van der Waals surface area contributed by atoms with Crippen LogP contribution in [0.25, 0.3) is 0 Å². The maximum absolute atomic E-state index is 12.4. The minimum atomic E-state index is -0.988. The Morgan fingerprint density at radius 1 is 1.35 bits per heavy atom. The SMILES string of the molecule is CN(C)C1(CNC(=O)C(C)(N)c2ccccc2)CCC1. The number of amides is 1. The first-order valence-electron chi connectivity index (χ1n) is 7.19. The summed E-state index contributed by atoms with van der Waals surface area (Å²) in [5, 5.41) is 3.04. The Hall–Kier alpha value is -1.39. The lowest BCUT2D eigenvalue weighted by Gasteiger charge is -2.47. The topological polar surface area (TPSA) is 58.4 Å². The van der Waals surface area contributed by atoms with E-state index >= 15 is 0 Å². The molecule has 0 aliphatic heterocycles. The average Bonchev–Trinajstić information content (AvgIpc) is 2.37. The van der Waals surface area contributed by atoms with E-state index in [-0.39, 0.29) is 11.4 Å². The predicted molar refractivity (Wildman–Crippen MR) is 81.3 cm³/mol. The normalized spacial score (nSPS) is 20.1. The quantitative estimate of drug-likeness (QED) is 0.855. The number of carbonyl (C=O) groups excluding carboxylic acids is 1. The molecule has 0 bridgehead atoms. The molecule has 1 atom stereocenters. The largest absolute Gasteiger partial charge is 0.352 e. The highest BCUT2D eigenvalue weighted by atomic mass is 16.2. The number of likely N-dealkylation sites (N-methyl/N-ethyl adjacent to an activating group) is 1. The summed E-state index contributed by atoms with van der Waals surface area (Å²) in [4.78, 5) is 14.6.